The van der Waals surface area contributed by atoms with Crippen molar-refractivity contribution in [2.45, 2.75) is 64.3 Å². The van der Waals surface area contributed by atoms with Crippen molar-refractivity contribution >= 4 is 0 Å². The molecule has 17 heavy (non-hydrogen) atoms. The lowest BCUT2D eigenvalue weighted by Crippen LogP contribution is -2.54. The third-order valence-corrected chi connectivity index (χ3v) is 4.78. The molecule has 1 unspecified atom stereocenters. The highest BCUT2D eigenvalue weighted by Gasteiger charge is 2.39. The van der Waals surface area contributed by atoms with Crippen LogP contribution in [0, 0.1) is 11.8 Å². The molecule has 0 aromatic rings. The summed E-state index contributed by atoms with van der Waals surface area (Å²) in [6, 6.07) is 0. The van der Waals surface area contributed by atoms with E-state index in [1.165, 1.54) is 58.0 Å². The lowest BCUT2D eigenvalue weighted by molar-refractivity contribution is 0.0692. The van der Waals surface area contributed by atoms with Crippen molar-refractivity contribution < 1.29 is 0 Å². The highest BCUT2D eigenvalue weighted by atomic mass is 15.2. The van der Waals surface area contributed by atoms with Crippen molar-refractivity contribution in [2.75, 3.05) is 19.6 Å². The van der Waals surface area contributed by atoms with Crippen LogP contribution in [0.3, 0.4) is 0 Å². The van der Waals surface area contributed by atoms with Gasteiger partial charge in [-0.05, 0) is 50.4 Å². The molecule has 2 fully saturated rings. The highest BCUT2D eigenvalue weighted by molar-refractivity contribution is 4.95. The summed E-state index contributed by atoms with van der Waals surface area (Å²) in [6.45, 7) is 8.11. The van der Waals surface area contributed by atoms with Gasteiger partial charge in [0, 0.05) is 25.2 Å². The number of rotatable bonds is 9. The molecule has 0 heterocycles. The van der Waals surface area contributed by atoms with E-state index in [0.717, 1.165) is 18.4 Å². The van der Waals surface area contributed by atoms with Crippen LogP contribution < -0.4 is 5.73 Å². The van der Waals surface area contributed by atoms with Crippen molar-refractivity contribution in [3.8, 4) is 0 Å². The minimum atomic E-state index is 0.305. The second-order valence-corrected chi connectivity index (χ2v) is 6.32. The average Bonchev–Trinajstić information content (AvgIpc) is 3.20. The van der Waals surface area contributed by atoms with Crippen LogP contribution in [0.2, 0.25) is 0 Å². The van der Waals surface area contributed by atoms with Crippen LogP contribution in [0.4, 0.5) is 0 Å². The van der Waals surface area contributed by atoms with Crippen LogP contribution >= 0.6 is 0 Å². The van der Waals surface area contributed by atoms with E-state index in [9.17, 15) is 0 Å². The topological polar surface area (TPSA) is 29.3 Å². The molecule has 2 nitrogen and oxygen atoms in total. The molecule has 2 aliphatic carbocycles. The maximum absolute atomic E-state index is 6.16. The molecule has 0 bridgehead atoms. The van der Waals surface area contributed by atoms with Crippen LogP contribution in [0.5, 0.6) is 0 Å². The Morgan fingerprint density at radius 1 is 1.06 bits per heavy atom. The Labute approximate surface area is 107 Å². The van der Waals surface area contributed by atoms with E-state index in [4.69, 9.17) is 5.73 Å². The first kappa shape index (κ1) is 13.4. The summed E-state index contributed by atoms with van der Waals surface area (Å²) in [4.78, 5) is 2.78. The van der Waals surface area contributed by atoms with Gasteiger partial charge in [0.25, 0.3) is 0 Å². The zero-order valence-electron chi connectivity index (χ0n) is 11.8. The molecule has 2 rings (SSSR count). The Kier molecular flexibility index (Phi) is 4.48. The van der Waals surface area contributed by atoms with E-state index < -0.39 is 0 Å². The van der Waals surface area contributed by atoms with Crippen LogP contribution in [-0.4, -0.2) is 30.1 Å². The largest absolute Gasteiger partial charge is 0.329 e. The number of nitrogens with zero attached hydrogens (tertiary/aromatic N) is 1. The van der Waals surface area contributed by atoms with Gasteiger partial charge in [0.1, 0.15) is 0 Å². The van der Waals surface area contributed by atoms with Gasteiger partial charge < -0.3 is 5.73 Å². The predicted octanol–water partition coefficient (Wildman–Crippen LogP) is 3.02. The van der Waals surface area contributed by atoms with Gasteiger partial charge in [-0.15, -0.1) is 0 Å². The molecular formula is C15H30N2. The normalized spacial score (nSPS) is 24.0. The third kappa shape index (κ3) is 3.45. The lowest BCUT2D eigenvalue weighted by Gasteiger charge is -2.43. The second kappa shape index (κ2) is 5.71. The fraction of sp³-hybridized carbons (Fsp3) is 1.00. The van der Waals surface area contributed by atoms with Gasteiger partial charge >= 0.3 is 0 Å². The summed E-state index contributed by atoms with van der Waals surface area (Å²) in [5.41, 5.74) is 6.46. The summed E-state index contributed by atoms with van der Waals surface area (Å²) in [6.07, 6.45) is 9.58. The summed E-state index contributed by atoms with van der Waals surface area (Å²) < 4.78 is 0. The second-order valence-electron chi connectivity index (χ2n) is 6.32. The minimum absolute atomic E-state index is 0.305. The maximum Gasteiger partial charge on any atom is 0.0329 e. The molecule has 0 amide bonds. The molecular weight excluding hydrogens is 208 g/mol. The van der Waals surface area contributed by atoms with Crippen LogP contribution in [0.25, 0.3) is 0 Å². The molecule has 0 aromatic heterocycles. The molecule has 0 saturated heterocycles. The van der Waals surface area contributed by atoms with Gasteiger partial charge in [0.2, 0.25) is 0 Å². The van der Waals surface area contributed by atoms with Gasteiger partial charge in [-0.1, -0.05) is 20.3 Å². The molecule has 100 valence electrons. The van der Waals surface area contributed by atoms with Crippen LogP contribution in [-0.2, 0) is 0 Å². The quantitative estimate of drug-likeness (QED) is 0.669. The zero-order chi connectivity index (χ0) is 12.3. The average molecular weight is 238 g/mol. The Morgan fingerprint density at radius 3 is 1.88 bits per heavy atom. The number of nitrogens with two attached hydrogens (primary N) is 1. The molecule has 2 N–H and O–H groups in total. The van der Waals surface area contributed by atoms with E-state index in [1.807, 2.05) is 0 Å². The summed E-state index contributed by atoms with van der Waals surface area (Å²) in [7, 11) is 0. The van der Waals surface area contributed by atoms with Gasteiger partial charge in [-0.3, -0.25) is 4.90 Å². The Morgan fingerprint density at radius 2 is 1.59 bits per heavy atom. The van der Waals surface area contributed by atoms with Crippen molar-refractivity contribution in [3.05, 3.63) is 0 Å². The van der Waals surface area contributed by atoms with Gasteiger partial charge in [0.15, 0.2) is 0 Å². The van der Waals surface area contributed by atoms with Crippen molar-refractivity contribution in [1.82, 2.24) is 4.90 Å². The fourth-order valence-electron chi connectivity index (χ4n) is 3.09. The third-order valence-electron chi connectivity index (χ3n) is 4.78. The van der Waals surface area contributed by atoms with E-state index >= 15 is 0 Å². The van der Waals surface area contributed by atoms with Crippen LogP contribution in [0.15, 0.2) is 0 Å². The van der Waals surface area contributed by atoms with E-state index in [-0.39, 0.29) is 0 Å². The Balaban J connectivity index is 2.01. The molecule has 1 atom stereocenters. The smallest absolute Gasteiger partial charge is 0.0329 e. The number of hydrogen-bond acceptors (Lipinski definition) is 2. The Hall–Kier alpha value is -0.0800. The fourth-order valence-corrected chi connectivity index (χ4v) is 3.09. The van der Waals surface area contributed by atoms with Gasteiger partial charge in [-0.25, -0.2) is 0 Å². The van der Waals surface area contributed by atoms with E-state index in [0.29, 0.717) is 5.54 Å². The molecule has 2 saturated carbocycles. The zero-order valence-corrected chi connectivity index (χ0v) is 11.8. The van der Waals surface area contributed by atoms with Crippen molar-refractivity contribution in [1.29, 1.82) is 0 Å². The first-order valence-corrected chi connectivity index (χ1v) is 7.69. The summed E-state index contributed by atoms with van der Waals surface area (Å²) in [5.74, 6) is 1.98. The molecule has 2 aliphatic rings. The first-order valence-electron chi connectivity index (χ1n) is 7.69. The van der Waals surface area contributed by atoms with E-state index in [2.05, 4.69) is 18.7 Å². The van der Waals surface area contributed by atoms with Crippen molar-refractivity contribution in [3.63, 3.8) is 0 Å². The molecule has 0 radical (unpaired) electrons. The number of hydrogen-bond donors (Lipinski definition) is 1. The van der Waals surface area contributed by atoms with Gasteiger partial charge in [-0.2, -0.15) is 0 Å². The minimum Gasteiger partial charge on any atom is -0.329 e. The first-order chi connectivity index (χ1) is 8.24. The molecule has 0 aliphatic heterocycles. The highest BCUT2D eigenvalue weighted by Crippen LogP contribution is 2.38. The molecule has 0 aromatic carbocycles. The standard InChI is InChI=1S/C15H30N2/c1-3-9-15(4-2,12-16)17(10-13-5-6-13)11-14-7-8-14/h13-14H,3-12,16H2,1-2H3. The van der Waals surface area contributed by atoms with Crippen molar-refractivity contribution in [2.24, 2.45) is 17.6 Å². The SMILES string of the molecule is CCCC(CC)(CN)N(CC1CC1)CC1CC1. The van der Waals surface area contributed by atoms with Crippen LogP contribution in [0.1, 0.15) is 58.8 Å². The van der Waals surface area contributed by atoms with E-state index in [1.54, 1.807) is 0 Å². The van der Waals surface area contributed by atoms with Gasteiger partial charge in [0.05, 0.1) is 0 Å². The lowest BCUT2D eigenvalue weighted by atomic mass is 9.87. The summed E-state index contributed by atoms with van der Waals surface area (Å²) in [5, 5.41) is 0. The maximum atomic E-state index is 6.16. The monoisotopic (exact) mass is 238 g/mol. The molecule has 2 heteroatoms. The predicted molar refractivity (Wildman–Crippen MR) is 74.0 cm³/mol. The molecule has 0 spiro atoms. The summed E-state index contributed by atoms with van der Waals surface area (Å²) >= 11 is 0. The Bertz CT molecular complexity index is 213.